The van der Waals surface area contributed by atoms with Gasteiger partial charge in [0.25, 0.3) is 5.56 Å². The van der Waals surface area contributed by atoms with E-state index in [1.54, 1.807) is 0 Å². The summed E-state index contributed by atoms with van der Waals surface area (Å²) in [6.45, 7) is 3.54. The third-order valence-corrected chi connectivity index (χ3v) is 3.97. The molecule has 0 spiro atoms. The topological polar surface area (TPSA) is 54.1 Å². The molecule has 106 valence electrons. The maximum absolute atomic E-state index is 12.0. The highest BCUT2D eigenvalue weighted by Gasteiger charge is 2.21. The van der Waals surface area contributed by atoms with Crippen LogP contribution < -0.4 is 10.9 Å². The zero-order chi connectivity index (χ0) is 13.9. The van der Waals surface area contributed by atoms with Crippen molar-refractivity contribution in [2.24, 2.45) is 0 Å². The minimum absolute atomic E-state index is 0.0178. The molecule has 1 aliphatic heterocycles. The Hall–Kier alpha value is -1.65. The zero-order valence-electron chi connectivity index (χ0n) is 11.7. The van der Waals surface area contributed by atoms with E-state index in [-0.39, 0.29) is 17.7 Å². The molecule has 1 fully saturated rings. The quantitative estimate of drug-likeness (QED) is 0.897. The second-order valence-corrected chi connectivity index (χ2v) is 5.43. The smallest absolute Gasteiger partial charge is 0.252 e. The molecule has 4 heteroatoms. The molecule has 0 bridgehead atoms. The average Bonchev–Trinajstić information content (AvgIpc) is 2.99. The first kappa shape index (κ1) is 13.3. The van der Waals surface area contributed by atoms with Gasteiger partial charge < -0.3 is 15.0 Å². The lowest BCUT2D eigenvalue weighted by Gasteiger charge is -2.19. The summed E-state index contributed by atoms with van der Waals surface area (Å²) < 4.78 is 5.66. The fraction of sp³-hybridized carbons (Fsp3) is 0.438. The van der Waals surface area contributed by atoms with E-state index in [0.29, 0.717) is 6.54 Å². The van der Waals surface area contributed by atoms with E-state index in [4.69, 9.17) is 4.74 Å². The van der Waals surface area contributed by atoms with Crippen LogP contribution in [0.3, 0.4) is 0 Å². The van der Waals surface area contributed by atoms with Crippen molar-refractivity contribution < 1.29 is 4.74 Å². The molecule has 20 heavy (non-hydrogen) atoms. The standard InChI is InChI=1S/C16H20N2O2/c1-11(15-7-4-8-20-15)17-10-13-9-12-5-2-3-6-14(12)18-16(13)19/h2-3,5-6,9,11,15,17H,4,7-8,10H2,1H3,(H,18,19)/t11-,15-/m0/s1. The lowest BCUT2D eigenvalue weighted by atomic mass is 10.1. The largest absolute Gasteiger partial charge is 0.377 e. The van der Waals surface area contributed by atoms with E-state index in [0.717, 1.165) is 35.9 Å². The maximum atomic E-state index is 12.0. The fourth-order valence-electron chi connectivity index (χ4n) is 2.72. The van der Waals surface area contributed by atoms with Gasteiger partial charge >= 0.3 is 0 Å². The average molecular weight is 272 g/mol. The van der Waals surface area contributed by atoms with Gasteiger partial charge in [0.05, 0.1) is 6.10 Å². The summed E-state index contributed by atoms with van der Waals surface area (Å²) in [6, 6.07) is 10.1. The number of nitrogens with one attached hydrogen (secondary N) is 2. The van der Waals surface area contributed by atoms with Crippen LogP contribution in [-0.2, 0) is 11.3 Å². The molecular formula is C16H20N2O2. The van der Waals surface area contributed by atoms with Crippen LogP contribution in [-0.4, -0.2) is 23.7 Å². The molecule has 2 aromatic rings. The molecule has 1 saturated heterocycles. The van der Waals surface area contributed by atoms with E-state index < -0.39 is 0 Å². The molecular weight excluding hydrogens is 252 g/mol. The highest BCUT2D eigenvalue weighted by molar-refractivity contribution is 5.78. The van der Waals surface area contributed by atoms with Crippen molar-refractivity contribution in [1.29, 1.82) is 0 Å². The van der Waals surface area contributed by atoms with Crippen LogP contribution in [0.15, 0.2) is 35.1 Å². The molecule has 4 nitrogen and oxygen atoms in total. The molecule has 1 aromatic heterocycles. The summed E-state index contributed by atoms with van der Waals surface area (Å²) >= 11 is 0. The summed E-state index contributed by atoms with van der Waals surface area (Å²) in [4.78, 5) is 15.0. The van der Waals surface area contributed by atoms with Crippen molar-refractivity contribution in [3.8, 4) is 0 Å². The molecule has 2 heterocycles. The Kier molecular flexibility index (Phi) is 3.85. The highest BCUT2D eigenvalue weighted by atomic mass is 16.5. The number of aromatic nitrogens is 1. The van der Waals surface area contributed by atoms with Crippen molar-refractivity contribution in [2.75, 3.05) is 6.61 Å². The molecule has 3 rings (SSSR count). The first-order valence-corrected chi connectivity index (χ1v) is 7.20. The zero-order valence-corrected chi connectivity index (χ0v) is 11.7. The fourth-order valence-corrected chi connectivity index (χ4v) is 2.72. The molecule has 0 amide bonds. The molecule has 1 aromatic carbocycles. The molecule has 2 N–H and O–H groups in total. The van der Waals surface area contributed by atoms with Gasteiger partial charge in [-0.05, 0) is 37.3 Å². The Morgan fingerprint density at radius 3 is 3.10 bits per heavy atom. The van der Waals surface area contributed by atoms with Gasteiger partial charge in [-0.3, -0.25) is 4.79 Å². The number of hydrogen-bond acceptors (Lipinski definition) is 3. The van der Waals surface area contributed by atoms with Crippen LogP contribution in [0.25, 0.3) is 10.9 Å². The van der Waals surface area contributed by atoms with Crippen molar-refractivity contribution in [3.63, 3.8) is 0 Å². The number of aromatic amines is 1. The number of pyridine rings is 1. The third-order valence-electron chi connectivity index (χ3n) is 3.97. The molecule has 0 aliphatic carbocycles. The molecule has 2 atom stereocenters. The van der Waals surface area contributed by atoms with Crippen molar-refractivity contribution in [1.82, 2.24) is 10.3 Å². The number of rotatable bonds is 4. The summed E-state index contributed by atoms with van der Waals surface area (Å²) in [6.07, 6.45) is 2.50. The van der Waals surface area contributed by atoms with Crippen LogP contribution >= 0.6 is 0 Å². The van der Waals surface area contributed by atoms with Crippen molar-refractivity contribution >= 4 is 10.9 Å². The van der Waals surface area contributed by atoms with Gasteiger partial charge in [-0.1, -0.05) is 18.2 Å². The van der Waals surface area contributed by atoms with Crippen LogP contribution in [0.1, 0.15) is 25.3 Å². The Balaban J connectivity index is 1.73. The summed E-state index contributed by atoms with van der Waals surface area (Å²) in [5.41, 5.74) is 1.64. The van der Waals surface area contributed by atoms with Crippen molar-refractivity contribution in [3.05, 3.63) is 46.2 Å². The number of para-hydroxylation sites is 1. The predicted octanol–water partition coefficient (Wildman–Crippen LogP) is 2.19. The lowest BCUT2D eigenvalue weighted by Crippen LogP contribution is -2.37. The minimum atomic E-state index is -0.0178. The summed E-state index contributed by atoms with van der Waals surface area (Å²) in [5.74, 6) is 0. The van der Waals surface area contributed by atoms with Crippen molar-refractivity contribution in [2.45, 2.75) is 38.5 Å². The molecule has 0 unspecified atom stereocenters. The Labute approximate surface area is 118 Å². The third kappa shape index (κ3) is 2.76. The lowest BCUT2D eigenvalue weighted by molar-refractivity contribution is 0.0831. The van der Waals surface area contributed by atoms with Gasteiger partial charge in [-0.15, -0.1) is 0 Å². The van der Waals surface area contributed by atoms with E-state index in [2.05, 4.69) is 17.2 Å². The second kappa shape index (κ2) is 5.77. The number of H-pyrrole nitrogens is 1. The summed E-state index contributed by atoms with van der Waals surface area (Å²) in [5, 5.41) is 4.46. The van der Waals surface area contributed by atoms with E-state index in [9.17, 15) is 4.79 Å². The van der Waals surface area contributed by atoms with Gasteiger partial charge in [-0.2, -0.15) is 0 Å². The van der Waals surface area contributed by atoms with Gasteiger partial charge in [0.2, 0.25) is 0 Å². The van der Waals surface area contributed by atoms with Gasteiger partial charge in [0, 0.05) is 30.3 Å². The number of benzene rings is 1. The maximum Gasteiger partial charge on any atom is 0.252 e. The SMILES string of the molecule is C[C@H](NCc1cc2ccccc2[nH]c1=O)[C@@H]1CCCO1. The predicted molar refractivity (Wildman–Crippen MR) is 79.8 cm³/mol. The van der Waals surface area contributed by atoms with Gasteiger partial charge in [0.1, 0.15) is 0 Å². The van der Waals surface area contributed by atoms with Crippen LogP contribution in [0, 0.1) is 0 Å². The van der Waals surface area contributed by atoms with Gasteiger partial charge in [-0.25, -0.2) is 0 Å². The minimum Gasteiger partial charge on any atom is -0.377 e. The van der Waals surface area contributed by atoms with E-state index in [1.807, 2.05) is 30.3 Å². The first-order valence-electron chi connectivity index (χ1n) is 7.20. The molecule has 0 saturated carbocycles. The van der Waals surface area contributed by atoms with Gasteiger partial charge in [0.15, 0.2) is 0 Å². The second-order valence-electron chi connectivity index (χ2n) is 5.43. The first-order chi connectivity index (χ1) is 9.74. The molecule has 0 radical (unpaired) electrons. The van der Waals surface area contributed by atoms with Crippen LogP contribution in [0.2, 0.25) is 0 Å². The van der Waals surface area contributed by atoms with Crippen LogP contribution in [0.5, 0.6) is 0 Å². The Morgan fingerprint density at radius 2 is 2.30 bits per heavy atom. The summed E-state index contributed by atoms with van der Waals surface area (Å²) in [7, 11) is 0. The van der Waals surface area contributed by atoms with Crippen LogP contribution in [0.4, 0.5) is 0 Å². The highest BCUT2D eigenvalue weighted by Crippen LogP contribution is 2.16. The monoisotopic (exact) mass is 272 g/mol. The number of hydrogen-bond donors (Lipinski definition) is 2. The van der Waals surface area contributed by atoms with E-state index >= 15 is 0 Å². The Morgan fingerprint density at radius 1 is 1.45 bits per heavy atom. The number of fused-ring (bicyclic) bond motifs is 1. The molecule has 1 aliphatic rings. The number of ether oxygens (including phenoxy) is 1. The van der Waals surface area contributed by atoms with E-state index in [1.165, 1.54) is 0 Å². The Bertz CT molecular complexity index is 644. The normalized spacial score (nSPS) is 20.4.